The van der Waals surface area contributed by atoms with Crippen molar-refractivity contribution in [2.75, 3.05) is 0 Å². The van der Waals surface area contributed by atoms with E-state index in [1.807, 2.05) is 52.0 Å². The number of benzene rings is 1. The lowest BCUT2D eigenvalue weighted by molar-refractivity contribution is -0.129. The fraction of sp³-hybridized carbons (Fsp3) is 0.500. The number of fused-ring (bicyclic) bond motifs is 1. The zero-order chi connectivity index (χ0) is 26.1. The van der Waals surface area contributed by atoms with Crippen LogP contribution in [0.25, 0.3) is 0 Å². The van der Waals surface area contributed by atoms with E-state index in [9.17, 15) is 14.4 Å². The Hall–Kier alpha value is -2.58. The van der Waals surface area contributed by atoms with Gasteiger partial charge in [-0.15, -0.1) is 11.3 Å². The molecule has 3 rings (SSSR count). The van der Waals surface area contributed by atoms with E-state index >= 15 is 0 Å². The molecule has 2 aromatic rings. The molecule has 7 nitrogen and oxygen atoms in total. The lowest BCUT2D eigenvalue weighted by atomic mass is 9.87. The highest BCUT2D eigenvalue weighted by atomic mass is 35.5. The number of thiophene rings is 1. The first-order chi connectivity index (χ1) is 16.2. The predicted molar refractivity (Wildman–Crippen MR) is 139 cm³/mol. The summed E-state index contributed by atoms with van der Waals surface area (Å²) in [5.74, 6) is -1.03. The quantitative estimate of drug-likeness (QED) is 0.557. The molecule has 0 radical (unpaired) electrons. The summed E-state index contributed by atoms with van der Waals surface area (Å²) in [6.45, 7) is 13.1. The number of hydrogen-bond donors (Lipinski definition) is 2. The summed E-state index contributed by atoms with van der Waals surface area (Å²) >= 11 is 7.29. The van der Waals surface area contributed by atoms with Crippen LogP contribution in [0.1, 0.15) is 75.3 Å². The Bertz CT molecular complexity index is 1100. The molecule has 2 heterocycles. The third-order valence-corrected chi connectivity index (χ3v) is 6.79. The third kappa shape index (κ3) is 6.76. The zero-order valence-electron chi connectivity index (χ0n) is 21.3. The average Bonchev–Trinajstić information content (AvgIpc) is 3.10. The first-order valence-electron chi connectivity index (χ1n) is 11.6. The van der Waals surface area contributed by atoms with E-state index in [0.717, 1.165) is 11.1 Å². The molecule has 2 N–H and O–H groups in total. The molecule has 190 valence electrons. The number of rotatable bonds is 3. The molecule has 1 aliphatic heterocycles. The van der Waals surface area contributed by atoms with Gasteiger partial charge in [-0.3, -0.25) is 9.59 Å². The largest absolute Gasteiger partial charge is 0.444 e. The molecule has 35 heavy (non-hydrogen) atoms. The van der Waals surface area contributed by atoms with Gasteiger partial charge in [0.2, 0.25) is 5.91 Å². The van der Waals surface area contributed by atoms with Crippen molar-refractivity contribution in [1.82, 2.24) is 15.5 Å². The number of nitrogens with one attached hydrogen (secondary N) is 2. The zero-order valence-corrected chi connectivity index (χ0v) is 22.8. The molecule has 1 aliphatic rings. The first kappa shape index (κ1) is 27.0. The minimum absolute atomic E-state index is 0.212. The van der Waals surface area contributed by atoms with Crippen LogP contribution in [-0.4, -0.2) is 40.0 Å². The fourth-order valence-corrected chi connectivity index (χ4v) is 5.25. The van der Waals surface area contributed by atoms with Crippen LogP contribution in [0.5, 0.6) is 0 Å². The van der Waals surface area contributed by atoms with Crippen molar-refractivity contribution in [1.29, 1.82) is 0 Å². The van der Waals surface area contributed by atoms with Gasteiger partial charge in [0, 0.05) is 18.0 Å². The summed E-state index contributed by atoms with van der Waals surface area (Å²) in [6.07, 6.45) is -0.580. The summed E-state index contributed by atoms with van der Waals surface area (Å²) in [7, 11) is 0. The Balaban J connectivity index is 2.09. The van der Waals surface area contributed by atoms with Crippen molar-refractivity contribution in [2.45, 2.75) is 78.2 Å². The molecule has 0 aliphatic carbocycles. The van der Waals surface area contributed by atoms with Crippen molar-refractivity contribution >= 4 is 40.8 Å². The molecule has 0 unspecified atom stereocenters. The monoisotopic (exact) mass is 519 g/mol. The van der Waals surface area contributed by atoms with Crippen LogP contribution in [0.15, 0.2) is 36.4 Å². The number of hydrogen-bond acceptors (Lipinski definition) is 5. The van der Waals surface area contributed by atoms with E-state index in [1.54, 1.807) is 37.8 Å². The molecule has 0 saturated carbocycles. The average molecular weight is 520 g/mol. The maximum absolute atomic E-state index is 13.7. The number of amides is 3. The van der Waals surface area contributed by atoms with Gasteiger partial charge in [-0.2, -0.15) is 0 Å². The Kier molecular flexibility index (Phi) is 7.86. The predicted octanol–water partition coefficient (Wildman–Crippen LogP) is 5.54. The van der Waals surface area contributed by atoms with E-state index in [-0.39, 0.29) is 18.4 Å². The summed E-state index contributed by atoms with van der Waals surface area (Å²) < 4.78 is 6.02. The molecule has 0 saturated heterocycles. The number of alkyl carbamates (subject to hydrolysis) is 1. The SMILES string of the molecule is C[C@@H]1[C@H](NC(=O)OC(C)(C)C)c2ccccc2CN(C(=O)c2ccc(Cl)s2)[C@H]1C(=O)NC(C)(C)C. The number of nitrogens with zero attached hydrogens (tertiary/aromatic N) is 1. The van der Waals surface area contributed by atoms with Gasteiger partial charge in [-0.1, -0.05) is 42.8 Å². The molecule has 0 fully saturated rings. The summed E-state index contributed by atoms with van der Waals surface area (Å²) in [5.41, 5.74) is 0.507. The molecule has 0 bridgehead atoms. The van der Waals surface area contributed by atoms with Crippen LogP contribution in [0, 0.1) is 5.92 Å². The topological polar surface area (TPSA) is 87.7 Å². The minimum Gasteiger partial charge on any atom is -0.444 e. The second kappa shape index (κ2) is 10.2. The van der Waals surface area contributed by atoms with Gasteiger partial charge in [-0.05, 0) is 64.8 Å². The number of carbonyl (C=O) groups excluding carboxylic acids is 3. The van der Waals surface area contributed by atoms with E-state index in [2.05, 4.69) is 10.6 Å². The van der Waals surface area contributed by atoms with Gasteiger partial charge in [-0.25, -0.2) is 4.79 Å². The van der Waals surface area contributed by atoms with Crippen LogP contribution in [0.3, 0.4) is 0 Å². The number of ether oxygens (including phenoxy) is 1. The maximum atomic E-state index is 13.7. The van der Waals surface area contributed by atoms with Crippen LogP contribution in [-0.2, 0) is 16.1 Å². The maximum Gasteiger partial charge on any atom is 0.408 e. The fourth-order valence-electron chi connectivity index (χ4n) is 4.25. The normalized spacial score (nSPS) is 20.5. The lowest BCUT2D eigenvalue weighted by Crippen LogP contribution is -2.57. The number of halogens is 1. The van der Waals surface area contributed by atoms with Crippen LogP contribution < -0.4 is 10.6 Å². The second-order valence-electron chi connectivity index (χ2n) is 10.9. The Morgan fingerprint density at radius 1 is 1.06 bits per heavy atom. The van der Waals surface area contributed by atoms with E-state index in [1.165, 1.54) is 11.3 Å². The molecule has 0 spiro atoms. The first-order valence-corrected chi connectivity index (χ1v) is 12.8. The van der Waals surface area contributed by atoms with Crippen molar-refractivity contribution in [2.24, 2.45) is 5.92 Å². The van der Waals surface area contributed by atoms with Crippen molar-refractivity contribution < 1.29 is 19.1 Å². The van der Waals surface area contributed by atoms with Gasteiger partial charge < -0.3 is 20.3 Å². The van der Waals surface area contributed by atoms with E-state index in [0.29, 0.717) is 9.21 Å². The van der Waals surface area contributed by atoms with E-state index in [4.69, 9.17) is 16.3 Å². The van der Waals surface area contributed by atoms with E-state index < -0.39 is 35.2 Å². The Labute approximate surface area is 216 Å². The van der Waals surface area contributed by atoms with Crippen LogP contribution in [0.2, 0.25) is 4.34 Å². The minimum atomic E-state index is -0.852. The van der Waals surface area contributed by atoms with Crippen molar-refractivity contribution in [3.63, 3.8) is 0 Å². The highest BCUT2D eigenvalue weighted by Gasteiger charge is 2.44. The molecule has 3 atom stereocenters. The van der Waals surface area contributed by atoms with Crippen LogP contribution in [0.4, 0.5) is 4.79 Å². The molecule has 3 amide bonds. The standard InChI is InChI=1S/C26H34ClN3O4S/c1-15-20(28-24(33)34-26(5,6)7)17-11-9-8-10-16(17)14-30(21(15)22(31)29-25(2,3)4)23(32)18-12-13-19(27)35-18/h8-13,15,20-21H,14H2,1-7H3,(H,28,33)(H,29,31)/t15-,20+,21-/m1/s1. The summed E-state index contributed by atoms with van der Waals surface area (Å²) in [5, 5.41) is 6.00. The van der Waals surface area contributed by atoms with Gasteiger partial charge in [0.1, 0.15) is 11.6 Å². The second-order valence-corrected chi connectivity index (χ2v) is 12.6. The molecular formula is C26H34ClN3O4S. The smallest absolute Gasteiger partial charge is 0.408 e. The van der Waals surface area contributed by atoms with Crippen LogP contribution >= 0.6 is 22.9 Å². The molecule has 1 aromatic carbocycles. The molecule has 9 heteroatoms. The molecule has 1 aromatic heterocycles. The van der Waals surface area contributed by atoms with Gasteiger partial charge in [0.25, 0.3) is 5.91 Å². The summed E-state index contributed by atoms with van der Waals surface area (Å²) in [6, 6.07) is 9.54. The van der Waals surface area contributed by atoms with Gasteiger partial charge in [0.05, 0.1) is 15.3 Å². The van der Waals surface area contributed by atoms with Gasteiger partial charge in [0.15, 0.2) is 0 Å². The number of carbonyl (C=O) groups is 3. The van der Waals surface area contributed by atoms with Gasteiger partial charge >= 0.3 is 6.09 Å². The highest BCUT2D eigenvalue weighted by Crippen LogP contribution is 2.37. The lowest BCUT2D eigenvalue weighted by Gasteiger charge is -2.37. The highest BCUT2D eigenvalue weighted by molar-refractivity contribution is 7.18. The van der Waals surface area contributed by atoms with Crippen molar-refractivity contribution in [3.05, 3.63) is 56.7 Å². The molecular weight excluding hydrogens is 486 g/mol. The Morgan fingerprint density at radius 2 is 1.71 bits per heavy atom. The summed E-state index contributed by atoms with van der Waals surface area (Å²) in [4.78, 5) is 42.2. The Morgan fingerprint density at radius 3 is 2.29 bits per heavy atom. The third-order valence-electron chi connectivity index (χ3n) is 5.57. The van der Waals surface area contributed by atoms with Crippen molar-refractivity contribution in [3.8, 4) is 0 Å².